The molecule has 2 atom stereocenters. The Labute approximate surface area is 108 Å². The van der Waals surface area contributed by atoms with Gasteiger partial charge >= 0.3 is 5.97 Å². The summed E-state index contributed by atoms with van der Waals surface area (Å²) in [5, 5.41) is 13.9. The third-order valence-corrected chi connectivity index (χ3v) is 4.28. The fraction of sp³-hybridized carbons (Fsp3) is 0.455. The number of hydrogen-bond acceptors (Lipinski definition) is 3. The molecule has 0 radical (unpaired) electrons. The molecule has 92 valence electrons. The van der Waals surface area contributed by atoms with Crippen molar-refractivity contribution in [2.24, 2.45) is 5.92 Å². The number of amides is 1. The van der Waals surface area contributed by atoms with Crippen molar-refractivity contribution in [3.05, 3.63) is 21.3 Å². The lowest BCUT2D eigenvalue weighted by molar-refractivity contribution is -0.141. The maximum Gasteiger partial charge on any atom is 0.306 e. The minimum atomic E-state index is -0.782. The standard InChI is InChI=1S/C11H12ClNO3S/c12-8-3-4-17-9(8)10(14)13-7-2-1-6(5-7)11(15)16/h3-4,6-7H,1-2,5H2,(H,13,14)(H,15,16)/t6-,7+/m1/s1. The summed E-state index contributed by atoms with van der Waals surface area (Å²) in [6.07, 6.45) is 1.84. The highest BCUT2D eigenvalue weighted by Gasteiger charge is 2.31. The first-order chi connectivity index (χ1) is 8.08. The smallest absolute Gasteiger partial charge is 0.306 e. The summed E-state index contributed by atoms with van der Waals surface area (Å²) in [4.78, 5) is 23.1. The summed E-state index contributed by atoms with van der Waals surface area (Å²) in [5.74, 6) is -1.32. The van der Waals surface area contributed by atoms with E-state index in [1.807, 2.05) is 0 Å². The Morgan fingerprint density at radius 1 is 1.47 bits per heavy atom. The molecule has 1 amide bonds. The van der Waals surface area contributed by atoms with Crippen LogP contribution in [-0.4, -0.2) is 23.0 Å². The van der Waals surface area contributed by atoms with Crippen molar-refractivity contribution in [3.63, 3.8) is 0 Å². The fourth-order valence-corrected chi connectivity index (χ4v) is 3.09. The molecule has 0 spiro atoms. The normalized spacial score (nSPS) is 23.6. The molecule has 6 heteroatoms. The average molecular weight is 274 g/mol. The molecule has 0 saturated heterocycles. The van der Waals surface area contributed by atoms with Gasteiger partial charge in [-0.25, -0.2) is 0 Å². The molecular weight excluding hydrogens is 262 g/mol. The molecule has 0 aliphatic heterocycles. The van der Waals surface area contributed by atoms with Gasteiger partial charge in [-0.2, -0.15) is 0 Å². The molecule has 1 aromatic rings. The van der Waals surface area contributed by atoms with E-state index in [1.54, 1.807) is 11.4 Å². The minimum absolute atomic E-state index is 0.0539. The Hall–Kier alpha value is -1.07. The van der Waals surface area contributed by atoms with Crippen LogP contribution in [-0.2, 0) is 4.79 Å². The molecule has 0 aromatic carbocycles. The number of carboxylic acids is 1. The lowest BCUT2D eigenvalue weighted by Gasteiger charge is -2.11. The molecule has 1 saturated carbocycles. The Balaban J connectivity index is 1.93. The molecule has 2 rings (SSSR count). The topological polar surface area (TPSA) is 66.4 Å². The maximum atomic E-state index is 11.8. The summed E-state index contributed by atoms with van der Waals surface area (Å²) in [6.45, 7) is 0. The monoisotopic (exact) mass is 273 g/mol. The second kappa shape index (κ2) is 5.06. The summed E-state index contributed by atoms with van der Waals surface area (Å²) in [7, 11) is 0. The van der Waals surface area contributed by atoms with Crippen LogP contribution >= 0.6 is 22.9 Å². The van der Waals surface area contributed by atoms with Crippen LogP contribution in [0, 0.1) is 5.92 Å². The van der Waals surface area contributed by atoms with Gasteiger partial charge in [-0.3, -0.25) is 9.59 Å². The van der Waals surface area contributed by atoms with Crippen LogP contribution in [0.15, 0.2) is 11.4 Å². The molecule has 17 heavy (non-hydrogen) atoms. The number of halogens is 1. The fourth-order valence-electron chi connectivity index (χ4n) is 2.04. The Kier molecular flexibility index (Phi) is 3.69. The number of thiophene rings is 1. The van der Waals surface area contributed by atoms with E-state index < -0.39 is 5.97 Å². The van der Waals surface area contributed by atoms with Gasteiger partial charge in [-0.15, -0.1) is 11.3 Å². The zero-order valence-corrected chi connectivity index (χ0v) is 10.6. The second-order valence-electron chi connectivity index (χ2n) is 4.12. The highest BCUT2D eigenvalue weighted by Crippen LogP contribution is 2.27. The van der Waals surface area contributed by atoms with Crippen molar-refractivity contribution in [1.82, 2.24) is 5.32 Å². The van der Waals surface area contributed by atoms with Gasteiger partial charge in [0.1, 0.15) is 4.88 Å². The lowest BCUT2D eigenvalue weighted by Crippen LogP contribution is -2.33. The molecular formula is C11H12ClNO3S. The molecule has 0 unspecified atom stereocenters. The molecule has 2 N–H and O–H groups in total. The van der Waals surface area contributed by atoms with Gasteiger partial charge in [0.15, 0.2) is 0 Å². The molecule has 1 fully saturated rings. The van der Waals surface area contributed by atoms with Crippen LogP contribution in [0.3, 0.4) is 0 Å². The van der Waals surface area contributed by atoms with Gasteiger partial charge < -0.3 is 10.4 Å². The molecule has 4 nitrogen and oxygen atoms in total. The van der Waals surface area contributed by atoms with Crippen LogP contribution in [0.2, 0.25) is 5.02 Å². The van der Waals surface area contributed by atoms with Crippen molar-refractivity contribution >= 4 is 34.8 Å². The molecule has 0 bridgehead atoms. The summed E-state index contributed by atoms with van der Waals surface area (Å²) >= 11 is 7.14. The van der Waals surface area contributed by atoms with Gasteiger partial charge in [0.25, 0.3) is 5.91 Å². The van der Waals surface area contributed by atoms with Crippen LogP contribution < -0.4 is 5.32 Å². The number of nitrogens with one attached hydrogen (secondary N) is 1. The van der Waals surface area contributed by atoms with E-state index in [-0.39, 0.29) is 17.9 Å². The van der Waals surface area contributed by atoms with Crippen LogP contribution in [0.1, 0.15) is 28.9 Å². The first-order valence-corrected chi connectivity index (χ1v) is 6.60. The number of aliphatic carboxylic acids is 1. The van der Waals surface area contributed by atoms with Crippen molar-refractivity contribution in [2.45, 2.75) is 25.3 Å². The predicted octanol–water partition coefficient (Wildman–Crippen LogP) is 2.38. The van der Waals surface area contributed by atoms with Gasteiger partial charge in [0, 0.05) is 6.04 Å². The Morgan fingerprint density at radius 2 is 2.24 bits per heavy atom. The zero-order chi connectivity index (χ0) is 12.4. The van der Waals surface area contributed by atoms with E-state index in [9.17, 15) is 9.59 Å². The number of carbonyl (C=O) groups is 2. The van der Waals surface area contributed by atoms with E-state index in [2.05, 4.69) is 5.32 Å². The average Bonchev–Trinajstić information content (AvgIpc) is 2.86. The molecule has 1 aliphatic carbocycles. The van der Waals surface area contributed by atoms with Crippen molar-refractivity contribution in [2.75, 3.05) is 0 Å². The first-order valence-electron chi connectivity index (χ1n) is 5.34. The highest BCUT2D eigenvalue weighted by molar-refractivity contribution is 7.12. The van der Waals surface area contributed by atoms with Gasteiger partial charge in [0.2, 0.25) is 0 Å². The van der Waals surface area contributed by atoms with E-state index in [4.69, 9.17) is 16.7 Å². The number of rotatable bonds is 3. The van der Waals surface area contributed by atoms with Crippen molar-refractivity contribution in [3.8, 4) is 0 Å². The van der Waals surface area contributed by atoms with Crippen LogP contribution in [0.5, 0.6) is 0 Å². The zero-order valence-electron chi connectivity index (χ0n) is 8.98. The summed E-state index contributed by atoms with van der Waals surface area (Å²) < 4.78 is 0. The number of carboxylic acid groups (broad SMARTS) is 1. The van der Waals surface area contributed by atoms with E-state index >= 15 is 0 Å². The second-order valence-corrected chi connectivity index (χ2v) is 5.44. The molecule has 1 heterocycles. The van der Waals surface area contributed by atoms with Crippen molar-refractivity contribution < 1.29 is 14.7 Å². The number of carbonyl (C=O) groups excluding carboxylic acids is 1. The molecule has 1 aromatic heterocycles. The molecule has 1 aliphatic rings. The third kappa shape index (κ3) is 2.79. The van der Waals surface area contributed by atoms with E-state index in [0.29, 0.717) is 29.2 Å². The van der Waals surface area contributed by atoms with E-state index in [0.717, 1.165) is 0 Å². The van der Waals surface area contributed by atoms with E-state index in [1.165, 1.54) is 11.3 Å². The van der Waals surface area contributed by atoms with Gasteiger partial charge in [0.05, 0.1) is 10.9 Å². The summed E-state index contributed by atoms with van der Waals surface area (Å²) in [5.41, 5.74) is 0. The summed E-state index contributed by atoms with van der Waals surface area (Å²) in [6, 6.07) is 1.62. The maximum absolute atomic E-state index is 11.8. The quantitative estimate of drug-likeness (QED) is 0.889. The third-order valence-electron chi connectivity index (χ3n) is 2.94. The van der Waals surface area contributed by atoms with Crippen LogP contribution in [0.25, 0.3) is 0 Å². The predicted molar refractivity (Wildman–Crippen MR) is 65.6 cm³/mol. The highest BCUT2D eigenvalue weighted by atomic mass is 35.5. The number of hydrogen-bond donors (Lipinski definition) is 2. The largest absolute Gasteiger partial charge is 0.481 e. The lowest BCUT2D eigenvalue weighted by atomic mass is 10.1. The SMILES string of the molecule is O=C(N[C@H]1CC[C@@H](C(=O)O)C1)c1sccc1Cl. The first kappa shape index (κ1) is 12.4. The Morgan fingerprint density at radius 3 is 2.76 bits per heavy atom. The minimum Gasteiger partial charge on any atom is -0.481 e. The van der Waals surface area contributed by atoms with Crippen molar-refractivity contribution in [1.29, 1.82) is 0 Å². The van der Waals surface area contributed by atoms with Gasteiger partial charge in [-0.1, -0.05) is 11.6 Å². The van der Waals surface area contributed by atoms with Gasteiger partial charge in [-0.05, 0) is 30.7 Å². The Bertz CT molecular complexity index is 446. The van der Waals surface area contributed by atoms with Crippen LogP contribution in [0.4, 0.5) is 0 Å².